The van der Waals surface area contributed by atoms with Gasteiger partial charge in [0.2, 0.25) is 10.0 Å². The van der Waals surface area contributed by atoms with Crippen LogP contribution in [-0.4, -0.2) is 59.0 Å². The van der Waals surface area contributed by atoms with Crippen LogP contribution < -0.4 is 30.1 Å². The van der Waals surface area contributed by atoms with Gasteiger partial charge in [-0.15, -0.1) is 24.8 Å². The molecule has 6 rings (SSSR count). The summed E-state index contributed by atoms with van der Waals surface area (Å²) in [5.74, 6) is 4.79. The Hall–Kier alpha value is -4.38. The molecule has 0 spiro atoms. The minimum absolute atomic E-state index is 0. The van der Waals surface area contributed by atoms with Gasteiger partial charge < -0.3 is 25.4 Å². The lowest BCUT2D eigenvalue weighted by Gasteiger charge is -2.18. The lowest BCUT2D eigenvalue weighted by molar-refractivity contribution is 0.102. The summed E-state index contributed by atoms with van der Waals surface area (Å²) >= 11 is 0. The van der Waals surface area contributed by atoms with Crippen LogP contribution >= 0.6 is 24.8 Å². The van der Waals surface area contributed by atoms with Gasteiger partial charge in [-0.3, -0.25) is 9.52 Å². The number of rotatable bonds is 9. The molecule has 264 valence electrons. The fourth-order valence-corrected chi connectivity index (χ4v) is 6.06. The number of sulfonamides is 1. The maximum Gasteiger partial charge on any atom is 0.255 e. The highest BCUT2D eigenvalue weighted by molar-refractivity contribution is 7.92. The van der Waals surface area contributed by atoms with Crippen molar-refractivity contribution in [2.45, 2.75) is 25.0 Å². The van der Waals surface area contributed by atoms with Crippen LogP contribution in [0.5, 0.6) is 11.5 Å². The largest absolute Gasteiger partial charge is 0.488 e. The molecule has 0 bridgehead atoms. The van der Waals surface area contributed by atoms with E-state index in [0.29, 0.717) is 58.2 Å². The van der Waals surface area contributed by atoms with E-state index in [9.17, 15) is 22.0 Å². The average molecular weight is 746 g/mol. The summed E-state index contributed by atoms with van der Waals surface area (Å²) in [6.07, 6.45) is 2.58. The minimum atomic E-state index is -3.46. The van der Waals surface area contributed by atoms with E-state index in [4.69, 9.17) is 9.47 Å². The van der Waals surface area contributed by atoms with Gasteiger partial charge in [0.1, 0.15) is 23.7 Å². The fraction of sp³-hybridized carbons (Fsp3) is 0.250. The summed E-state index contributed by atoms with van der Waals surface area (Å²) in [4.78, 5) is 13.6. The van der Waals surface area contributed by atoms with Crippen LogP contribution in [0.3, 0.4) is 0 Å². The predicted molar refractivity (Wildman–Crippen MR) is 195 cm³/mol. The third-order valence-corrected chi connectivity index (χ3v) is 8.44. The molecule has 14 heteroatoms. The van der Waals surface area contributed by atoms with Crippen LogP contribution in [0.15, 0.2) is 78.9 Å². The molecular formula is C36H36Cl2F2N4O5S. The molecule has 2 fully saturated rings. The van der Waals surface area contributed by atoms with Crippen LogP contribution in [0, 0.1) is 23.5 Å². The highest BCUT2D eigenvalue weighted by atomic mass is 35.5. The number of carbonyl (C=O) groups excluding carboxylic acids is 1. The average Bonchev–Trinajstić information content (AvgIpc) is 3.77. The first-order valence-corrected chi connectivity index (χ1v) is 17.4. The van der Waals surface area contributed by atoms with Gasteiger partial charge in [0.05, 0.1) is 11.8 Å². The van der Waals surface area contributed by atoms with E-state index in [-0.39, 0.29) is 42.6 Å². The molecule has 50 heavy (non-hydrogen) atoms. The second-order valence-electron chi connectivity index (χ2n) is 11.7. The van der Waals surface area contributed by atoms with Gasteiger partial charge in [0.15, 0.2) is 11.6 Å². The van der Waals surface area contributed by atoms with Gasteiger partial charge in [0, 0.05) is 41.2 Å². The first-order chi connectivity index (χ1) is 23.1. The summed E-state index contributed by atoms with van der Waals surface area (Å²) in [7, 11) is -3.46. The Balaban J connectivity index is 0.00000281. The van der Waals surface area contributed by atoms with Crippen LogP contribution in [0.1, 0.15) is 34.3 Å². The van der Waals surface area contributed by atoms with Gasteiger partial charge in [-0.1, -0.05) is 24.0 Å². The zero-order chi connectivity index (χ0) is 33.7. The molecule has 2 saturated heterocycles. The number of halogens is 4. The van der Waals surface area contributed by atoms with Crippen molar-refractivity contribution < 1.29 is 31.5 Å². The highest BCUT2D eigenvalue weighted by Gasteiger charge is 2.21. The van der Waals surface area contributed by atoms with Crippen LogP contribution in [-0.2, 0) is 10.0 Å². The fourth-order valence-electron chi connectivity index (χ4n) is 5.51. The van der Waals surface area contributed by atoms with Crippen molar-refractivity contribution in [1.82, 2.24) is 10.6 Å². The minimum Gasteiger partial charge on any atom is -0.488 e. The molecule has 0 radical (unpaired) electrons. The molecule has 0 aromatic heterocycles. The maximum atomic E-state index is 14.2. The number of anilines is 2. The summed E-state index contributed by atoms with van der Waals surface area (Å²) in [5.41, 5.74) is 3.07. The molecule has 2 atom stereocenters. The van der Waals surface area contributed by atoms with Crippen LogP contribution in [0.2, 0.25) is 0 Å². The number of hydrogen-bond donors (Lipinski definition) is 4. The van der Waals surface area contributed by atoms with E-state index < -0.39 is 27.6 Å². The quantitative estimate of drug-likeness (QED) is 0.156. The van der Waals surface area contributed by atoms with E-state index in [1.807, 2.05) is 0 Å². The lowest BCUT2D eigenvalue weighted by atomic mass is 10.0. The molecule has 4 N–H and O–H groups in total. The maximum absolute atomic E-state index is 14.2. The Morgan fingerprint density at radius 2 is 1.50 bits per heavy atom. The van der Waals surface area contributed by atoms with Crippen LogP contribution in [0.25, 0.3) is 11.1 Å². The van der Waals surface area contributed by atoms with Gasteiger partial charge in [-0.25, -0.2) is 17.2 Å². The lowest BCUT2D eigenvalue weighted by Crippen LogP contribution is -2.20. The van der Waals surface area contributed by atoms with E-state index in [2.05, 4.69) is 32.5 Å². The number of amides is 1. The number of ether oxygens (including phenoxy) is 2. The van der Waals surface area contributed by atoms with Crippen molar-refractivity contribution in [3.63, 3.8) is 0 Å². The molecule has 9 nitrogen and oxygen atoms in total. The van der Waals surface area contributed by atoms with Crippen LogP contribution in [0.4, 0.5) is 20.2 Å². The smallest absolute Gasteiger partial charge is 0.255 e. The Morgan fingerprint density at radius 3 is 2.16 bits per heavy atom. The summed E-state index contributed by atoms with van der Waals surface area (Å²) in [6, 6.07) is 20.4. The summed E-state index contributed by atoms with van der Waals surface area (Å²) < 4.78 is 66.3. The highest BCUT2D eigenvalue weighted by Crippen LogP contribution is 2.34. The second-order valence-corrected chi connectivity index (χ2v) is 13.4. The van der Waals surface area contributed by atoms with Gasteiger partial charge in [-0.2, -0.15) is 0 Å². The third kappa shape index (κ3) is 10.1. The van der Waals surface area contributed by atoms with E-state index in [1.165, 1.54) is 6.07 Å². The molecule has 1 amide bonds. The molecule has 0 saturated carbocycles. The van der Waals surface area contributed by atoms with Crippen molar-refractivity contribution in [2.75, 3.05) is 42.5 Å². The Labute approximate surface area is 302 Å². The second kappa shape index (κ2) is 17.0. The molecule has 2 heterocycles. The first kappa shape index (κ1) is 38.4. The topological polar surface area (TPSA) is 118 Å². The Morgan fingerprint density at radius 1 is 0.800 bits per heavy atom. The standard InChI is InChI=1S/C36H34F2N4O5S.2ClH/c1-48(44,45)42-28-4-2-3-23(17-28)5-6-25-18-27(9-12-34(25)46-29-13-15-39-21-29)41-36(43)26-8-11-35(47-30-14-16-40-22-30)31(19-26)24-7-10-32(37)33(38)20-24;;/h2-4,7-12,17-20,29-30,39-40,42H,13-16,21-22H2,1H3,(H,41,43);2*1H/t29-,30-;;/m0../s1. The summed E-state index contributed by atoms with van der Waals surface area (Å²) in [6.45, 7) is 3.01. The van der Waals surface area contributed by atoms with Gasteiger partial charge >= 0.3 is 0 Å². The van der Waals surface area contributed by atoms with E-state index >= 15 is 0 Å². The zero-order valence-corrected chi connectivity index (χ0v) is 29.4. The van der Waals surface area contributed by atoms with Crippen molar-refractivity contribution >= 4 is 52.1 Å². The Kier molecular flexibility index (Phi) is 13.1. The number of carbonyl (C=O) groups is 1. The predicted octanol–water partition coefficient (Wildman–Crippen LogP) is 5.98. The molecule has 0 aliphatic carbocycles. The number of benzene rings is 4. The molecule has 4 aromatic rings. The molecule has 2 aliphatic rings. The van der Waals surface area contributed by atoms with E-state index in [1.54, 1.807) is 60.7 Å². The number of hydrogen-bond acceptors (Lipinski definition) is 7. The molecule has 0 unspecified atom stereocenters. The van der Waals surface area contributed by atoms with Crippen molar-refractivity contribution in [3.05, 3.63) is 107 Å². The van der Waals surface area contributed by atoms with Gasteiger partial charge in [0.25, 0.3) is 5.91 Å². The first-order valence-electron chi connectivity index (χ1n) is 15.5. The van der Waals surface area contributed by atoms with E-state index in [0.717, 1.165) is 44.3 Å². The molecule has 4 aromatic carbocycles. The number of nitrogens with one attached hydrogen (secondary N) is 4. The zero-order valence-electron chi connectivity index (χ0n) is 26.9. The molecule has 2 aliphatic heterocycles. The Bertz CT molecular complexity index is 2010. The van der Waals surface area contributed by atoms with Crippen molar-refractivity contribution in [1.29, 1.82) is 0 Å². The van der Waals surface area contributed by atoms with Crippen molar-refractivity contribution in [3.8, 4) is 34.5 Å². The van der Waals surface area contributed by atoms with Gasteiger partial charge in [-0.05, 0) is 98.2 Å². The normalized spacial score (nSPS) is 16.6. The molecular weight excluding hydrogens is 709 g/mol. The third-order valence-electron chi connectivity index (χ3n) is 7.83. The van der Waals surface area contributed by atoms with Crippen molar-refractivity contribution in [2.24, 2.45) is 0 Å². The summed E-state index contributed by atoms with van der Waals surface area (Å²) in [5, 5.41) is 9.42. The monoisotopic (exact) mass is 744 g/mol. The SMILES string of the molecule is CS(=O)(=O)Nc1cccc(C#Cc2cc(NC(=O)c3ccc(O[C@H]4CCNC4)c(-c4ccc(F)c(F)c4)c3)ccc2O[C@H]2CCNC2)c1.Cl.Cl.